The highest BCUT2D eigenvalue weighted by molar-refractivity contribution is 5.93. The van der Waals surface area contributed by atoms with Gasteiger partial charge >= 0.3 is 5.97 Å². The van der Waals surface area contributed by atoms with E-state index in [-0.39, 0.29) is 12.5 Å². The molecule has 0 atom stereocenters. The highest BCUT2D eigenvalue weighted by Crippen LogP contribution is 2.17. The molecule has 24 heavy (non-hydrogen) atoms. The van der Waals surface area contributed by atoms with E-state index in [9.17, 15) is 9.59 Å². The average Bonchev–Trinajstić information content (AvgIpc) is 2.61. The van der Waals surface area contributed by atoms with Crippen LogP contribution >= 0.6 is 0 Å². The Bertz CT molecular complexity index is 680. The van der Waals surface area contributed by atoms with E-state index in [1.807, 2.05) is 6.92 Å². The number of hydrogen-bond donors (Lipinski definition) is 1. The molecular weight excluding hydrogens is 310 g/mol. The third-order valence-electron chi connectivity index (χ3n) is 3.09. The first-order chi connectivity index (χ1) is 11.6. The minimum absolute atomic E-state index is 0.118. The first-order valence-electron chi connectivity index (χ1n) is 7.46. The Morgan fingerprint density at radius 2 is 1.50 bits per heavy atom. The molecular formula is C18H19NO5. The Balaban J connectivity index is 1.83. The number of hydrogen-bond acceptors (Lipinski definition) is 5. The van der Waals surface area contributed by atoms with Gasteiger partial charge in [-0.05, 0) is 55.5 Å². The van der Waals surface area contributed by atoms with Crippen LogP contribution in [0.1, 0.15) is 17.3 Å². The number of benzene rings is 2. The second-order valence-electron chi connectivity index (χ2n) is 4.81. The minimum atomic E-state index is -0.424. The number of esters is 1. The summed E-state index contributed by atoms with van der Waals surface area (Å²) in [5.41, 5.74) is 0.990. The van der Waals surface area contributed by atoms with Gasteiger partial charge in [0.25, 0.3) is 5.91 Å². The van der Waals surface area contributed by atoms with Gasteiger partial charge in [-0.25, -0.2) is 4.79 Å². The van der Waals surface area contributed by atoms with Crippen molar-refractivity contribution >= 4 is 17.6 Å². The largest absolute Gasteiger partial charge is 0.494 e. The summed E-state index contributed by atoms with van der Waals surface area (Å²) in [6.45, 7) is 2.39. The number of carbonyl (C=O) groups excluding carboxylic acids is 2. The van der Waals surface area contributed by atoms with Crippen LogP contribution in [0, 0.1) is 0 Å². The maximum Gasteiger partial charge on any atom is 0.337 e. The molecule has 0 aliphatic rings. The van der Waals surface area contributed by atoms with Gasteiger partial charge in [-0.2, -0.15) is 0 Å². The van der Waals surface area contributed by atoms with Crippen molar-refractivity contribution in [2.75, 3.05) is 25.6 Å². The molecule has 0 aliphatic heterocycles. The lowest BCUT2D eigenvalue weighted by Crippen LogP contribution is -2.20. The fourth-order valence-electron chi connectivity index (χ4n) is 1.95. The summed E-state index contributed by atoms with van der Waals surface area (Å²) in [6.07, 6.45) is 0. The van der Waals surface area contributed by atoms with Crippen molar-refractivity contribution in [3.63, 3.8) is 0 Å². The predicted molar refractivity (Wildman–Crippen MR) is 89.5 cm³/mol. The first-order valence-corrected chi connectivity index (χ1v) is 7.46. The molecule has 0 unspecified atom stereocenters. The molecule has 0 aromatic heterocycles. The van der Waals surface area contributed by atoms with Gasteiger partial charge in [0.1, 0.15) is 11.5 Å². The van der Waals surface area contributed by atoms with Crippen LogP contribution in [-0.2, 0) is 9.53 Å². The Kier molecular flexibility index (Phi) is 6.19. The van der Waals surface area contributed by atoms with Gasteiger partial charge in [-0.1, -0.05) is 0 Å². The van der Waals surface area contributed by atoms with Crippen LogP contribution < -0.4 is 14.8 Å². The van der Waals surface area contributed by atoms with Crippen LogP contribution in [0.5, 0.6) is 11.5 Å². The smallest absolute Gasteiger partial charge is 0.337 e. The summed E-state index contributed by atoms with van der Waals surface area (Å²) in [7, 11) is 1.32. The van der Waals surface area contributed by atoms with E-state index >= 15 is 0 Å². The zero-order chi connectivity index (χ0) is 17.4. The number of methoxy groups -OCH3 is 1. The fourth-order valence-corrected chi connectivity index (χ4v) is 1.95. The molecule has 1 N–H and O–H groups in total. The molecule has 0 radical (unpaired) electrons. The van der Waals surface area contributed by atoms with Crippen LogP contribution in [0.25, 0.3) is 0 Å². The Morgan fingerprint density at radius 1 is 0.917 bits per heavy atom. The quantitative estimate of drug-likeness (QED) is 0.791. The van der Waals surface area contributed by atoms with Gasteiger partial charge in [-0.3, -0.25) is 4.79 Å². The van der Waals surface area contributed by atoms with Gasteiger partial charge in [-0.15, -0.1) is 0 Å². The monoisotopic (exact) mass is 329 g/mol. The lowest BCUT2D eigenvalue weighted by Gasteiger charge is -2.09. The number of ether oxygens (including phenoxy) is 3. The van der Waals surface area contributed by atoms with E-state index in [0.717, 1.165) is 5.75 Å². The molecule has 6 heteroatoms. The number of rotatable bonds is 7. The number of anilines is 1. The number of nitrogens with one attached hydrogen (secondary N) is 1. The topological polar surface area (TPSA) is 73.9 Å². The zero-order valence-corrected chi connectivity index (χ0v) is 13.6. The van der Waals surface area contributed by atoms with E-state index < -0.39 is 5.97 Å². The molecule has 0 fully saturated rings. The summed E-state index contributed by atoms with van der Waals surface area (Å²) in [5.74, 6) is 0.607. The molecule has 0 heterocycles. The van der Waals surface area contributed by atoms with Crippen LogP contribution in [0.2, 0.25) is 0 Å². The molecule has 6 nitrogen and oxygen atoms in total. The molecule has 0 bridgehead atoms. The first kappa shape index (κ1) is 17.3. The van der Waals surface area contributed by atoms with Crippen molar-refractivity contribution in [1.29, 1.82) is 0 Å². The SMILES string of the molecule is CCOc1ccc(OCC(=O)Nc2ccc(C(=O)OC)cc2)cc1. The Morgan fingerprint density at radius 3 is 2.04 bits per heavy atom. The maximum atomic E-state index is 11.9. The maximum absolute atomic E-state index is 11.9. The molecule has 0 spiro atoms. The lowest BCUT2D eigenvalue weighted by atomic mass is 10.2. The molecule has 2 aromatic rings. The molecule has 0 aliphatic carbocycles. The molecule has 2 rings (SSSR count). The van der Waals surface area contributed by atoms with Crippen molar-refractivity contribution < 1.29 is 23.8 Å². The van der Waals surface area contributed by atoms with Gasteiger partial charge in [0, 0.05) is 5.69 Å². The van der Waals surface area contributed by atoms with E-state index in [4.69, 9.17) is 9.47 Å². The van der Waals surface area contributed by atoms with Crippen molar-refractivity contribution in [2.24, 2.45) is 0 Å². The van der Waals surface area contributed by atoms with Crippen LogP contribution in [0.4, 0.5) is 5.69 Å². The van der Waals surface area contributed by atoms with E-state index in [0.29, 0.717) is 23.6 Å². The molecule has 1 amide bonds. The lowest BCUT2D eigenvalue weighted by molar-refractivity contribution is -0.118. The molecule has 2 aromatic carbocycles. The number of amides is 1. The average molecular weight is 329 g/mol. The van der Waals surface area contributed by atoms with Crippen molar-refractivity contribution in [1.82, 2.24) is 0 Å². The van der Waals surface area contributed by atoms with Gasteiger partial charge in [0.2, 0.25) is 0 Å². The van der Waals surface area contributed by atoms with E-state index in [1.54, 1.807) is 48.5 Å². The van der Waals surface area contributed by atoms with Crippen molar-refractivity contribution in [3.8, 4) is 11.5 Å². The standard InChI is InChI=1S/C18H19NO5/c1-3-23-15-8-10-16(11-9-15)24-12-17(20)19-14-6-4-13(5-7-14)18(21)22-2/h4-11H,3,12H2,1-2H3,(H,19,20). The van der Waals surface area contributed by atoms with E-state index in [1.165, 1.54) is 7.11 Å². The third kappa shape index (κ3) is 5.01. The zero-order valence-electron chi connectivity index (χ0n) is 13.6. The fraction of sp³-hybridized carbons (Fsp3) is 0.222. The summed E-state index contributed by atoms with van der Waals surface area (Å²) >= 11 is 0. The molecule has 126 valence electrons. The van der Waals surface area contributed by atoms with Crippen LogP contribution in [-0.4, -0.2) is 32.2 Å². The molecule has 0 saturated carbocycles. The summed E-state index contributed by atoms with van der Waals surface area (Å²) in [4.78, 5) is 23.2. The second-order valence-corrected chi connectivity index (χ2v) is 4.81. The van der Waals surface area contributed by atoms with Crippen LogP contribution in [0.3, 0.4) is 0 Å². The second kappa shape index (κ2) is 8.57. The Labute approximate surface area is 140 Å². The Hall–Kier alpha value is -3.02. The van der Waals surface area contributed by atoms with E-state index in [2.05, 4.69) is 10.1 Å². The summed E-state index contributed by atoms with van der Waals surface area (Å²) < 4.78 is 15.4. The normalized spacial score (nSPS) is 9.92. The highest BCUT2D eigenvalue weighted by Gasteiger charge is 2.07. The highest BCUT2D eigenvalue weighted by atomic mass is 16.5. The minimum Gasteiger partial charge on any atom is -0.494 e. The summed E-state index contributed by atoms with van der Waals surface area (Å²) in [5, 5.41) is 2.69. The van der Waals surface area contributed by atoms with Gasteiger partial charge in [0.05, 0.1) is 19.3 Å². The van der Waals surface area contributed by atoms with Crippen LogP contribution in [0.15, 0.2) is 48.5 Å². The predicted octanol–water partition coefficient (Wildman–Crippen LogP) is 2.89. The van der Waals surface area contributed by atoms with Crippen molar-refractivity contribution in [3.05, 3.63) is 54.1 Å². The van der Waals surface area contributed by atoms with Gasteiger partial charge < -0.3 is 19.5 Å². The summed E-state index contributed by atoms with van der Waals surface area (Å²) in [6, 6.07) is 13.4. The molecule has 0 saturated heterocycles. The van der Waals surface area contributed by atoms with Gasteiger partial charge in [0.15, 0.2) is 6.61 Å². The third-order valence-corrected chi connectivity index (χ3v) is 3.09. The van der Waals surface area contributed by atoms with Crippen molar-refractivity contribution in [2.45, 2.75) is 6.92 Å². The number of carbonyl (C=O) groups is 2.